The van der Waals surface area contributed by atoms with Crippen molar-refractivity contribution in [3.63, 3.8) is 0 Å². The second-order valence-corrected chi connectivity index (χ2v) is 15.3. The topological polar surface area (TPSA) is 131 Å². The fourth-order valence-electron chi connectivity index (χ4n) is 7.30. The number of ether oxygens (including phenoxy) is 1. The van der Waals surface area contributed by atoms with Gasteiger partial charge in [-0.2, -0.15) is 0 Å². The number of aryl methyl sites for hydroxylation is 1. The number of anilines is 1. The summed E-state index contributed by atoms with van der Waals surface area (Å²) in [7, 11) is -4.40. The lowest BCUT2D eigenvalue weighted by molar-refractivity contribution is -0.142. The van der Waals surface area contributed by atoms with Crippen LogP contribution in [0.25, 0.3) is 0 Å². The summed E-state index contributed by atoms with van der Waals surface area (Å²) in [6, 6.07) is 16.6. The number of hydrogen-bond acceptors (Lipinski definition) is 6. The van der Waals surface area contributed by atoms with Gasteiger partial charge in [-0.3, -0.25) is 14.4 Å². The molecule has 1 spiro atoms. The van der Waals surface area contributed by atoms with E-state index in [0.29, 0.717) is 39.4 Å². The second-order valence-electron chi connectivity index (χ2n) is 12.8. The van der Waals surface area contributed by atoms with E-state index in [1.807, 2.05) is 0 Å². The first-order valence-corrected chi connectivity index (χ1v) is 18.0. The van der Waals surface area contributed by atoms with Gasteiger partial charge in [-0.1, -0.05) is 35.3 Å². The van der Waals surface area contributed by atoms with Gasteiger partial charge >= 0.3 is 0 Å². The van der Waals surface area contributed by atoms with E-state index in [0.717, 1.165) is 24.3 Å². The van der Waals surface area contributed by atoms with Crippen LogP contribution in [0, 0.1) is 18.6 Å². The van der Waals surface area contributed by atoms with Crippen molar-refractivity contribution in [1.29, 1.82) is 0 Å². The molecule has 3 unspecified atom stereocenters. The third-order valence-corrected chi connectivity index (χ3v) is 11.7. The van der Waals surface area contributed by atoms with E-state index in [1.165, 1.54) is 24.3 Å². The largest absolute Gasteiger partial charge is 0.477 e. The third kappa shape index (κ3) is 5.59. The molecule has 258 valence electrons. The van der Waals surface area contributed by atoms with E-state index in [1.54, 1.807) is 37.3 Å². The van der Waals surface area contributed by atoms with Crippen molar-refractivity contribution in [2.24, 2.45) is 0 Å². The molecule has 3 amide bonds. The number of sulfonamides is 1. The monoisotopic (exact) mass is 739 g/mol. The minimum Gasteiger partial charge on any atom is -0.477 e. The number of halogens is 4. The average Bonchev–Trinajstić information content (AvgIpc) is 3.32. The average molecular weight is 741 g/mol. The zero-order valence-electron chi connectivity index (χ0n) is 26.4. The van der Waals surface area contributed by atoms with E-state index in [9.17, 15) is 31.6 Å². The van der Waals surface area contributed by atoms with Gasteiger partial charge in [-0.15, -0.1) is 0 Å². The van der Waals surface area contributed by atoms with Crippen molar-refractivity contribution in [3.8, 4) is 5.75 Å². The van der Waals surface area contributed by atoms with Crippen molar-refractivity contribution >= 4 is 56.6 Å². The number of fused-ring (bicyclic) bond motifs is 2. The van der Waals surface area contributed by atoms with E-state index in [2.05, 4.69) is 15.4 Å². The van der Waals surface area contributed by atoms with Gasteiger partial charge in [0.15, 0.2) is 5.60 Å². The summed E-state index contributed by atoms with van der Waals surface area (Å²) in [6.45, 7) is 1.75. The van der Waals surface area contributed by atoms with Crippen LogP contribution in [-0.4, -0.2) is 31.7 Å². The number of amides is 3. The standard InChI is InChI=1S/C36H29Cl2F2N3O6S/c1-19-3-6-23(40)17-25(19)32-36(27-11-4-21(38)16-29(27)41-34(36)46)28(18-31(44)42-32)26-15-20(37)5-12-30(26)49-35(13-2-14-35)33(45)43-50(47,48)24-9-7-22(39)8-10-24/h3-12,15-17,28,32H,2,13-14,18H2,1H3,(H,41,46)(H,42,44)(H,43,45). The number of carbonyl (C=O) groups is 3. The number of benzene rings is 4. The molecular formula is C36H29Cl2F2N3O6S. The van der Waals surface area contributed by atoms with Crippen LogP contribution in [0.3, 0.4) is 0 Å². The smallest absolute Gasteiger partial charge is 0.277 e. The normalized spacial score (nSPS) is 22.3. The first kappa shape index (κ1) is 34.0. The zero-order chi connectivity index (χ0) is 35.6. The quantitative estimate of drug-likeness (QED) is 0.195. The summed E-state index contributed by atoms with van der Waals surface area (Å²) in [5.41, 5.74) is -0.998. The molecular weight excluding hydrogens is 711 g/mol. The van der Waals surface area contributed by atoms with Crippen molar-refractivity contribution < 1.29 is 36.3 Å². The van der Waals surface area contributed by atoms with Gasteiger partial charge in [0.05, 0.1) is 10.9 Å². The van der Waals surface area contributed by atoms with E-state index >= 15 is 0 Å². The predicted octanol–water partition coefficient (Wildman–Crippen LogP) is 6.62. The maximum absolute atomic E-state index is 14.8. The van der Waals surface area contributed by atoms with Gasteiger partial charge in [0.2, 0.25) is 11.8 Å². The highest BCUT2D eigenvalue weighted by molar-refractivity contribution is 7.90. The molecule has 3 aliphatic rings. The minimum atomic E-state index is -4.40. The summed E-state index contributed by atoms with van der Waals surface area (Å²) < 4.78 is 63.1. The molecule has 2 aliphatic heterocycles. The van der Waals surface area contributed by atoms with Crippen LogP contribution in [0.5, 0.6) is 5.75 Å². The van der Waals surface area contributed by atoms with Crippen molar-refractivity contribution in [2.45, 2.75) is 60.5 Å². The van der Waals surface area contributed by atoms with Gasteiger partial charge in [-0.05, 0) is 110 Å². The van der Waals surface area contributed by atoms with Gasteiger partial charge in [0.25, 0.3) is 15.9 Å². The van der Waals surface area contributed by atoms with E-state index in [4.69, 9.17) is 27.9 Å². The van der Waals surface area contributed by atoms with Crippen LogP contribution in [0.1, 0.15) is 59.9 Å². The highest BCUT2D eigenvalue weighted by atomic mass is 35.5. The molecule has 3 atom stereocenters. The van der Waals surface area contributed by atoms with Gasteiger partial charge in [0, 0.05) is 33.6 Å². The molecule has 0 radical (unpaired) electrons. The maximum Gasteiger partial charge on any atom is 0.277 e. The molecule has 3 N–H and O–H groups in total. The summed E-state index contributed by atoms with van der Waals surface area (Å²) >= 11 is 12.9. The molecule has 2 heterocycles. The fraction of sp³-hybridized carbons (Fsp3) is 0.250. The Hall–Kier alpha value is -4.52. The Bertz CT molecular complexity index is 2200. The molecule has 1 saturated carbocycles. The lowest BCUT2D eigenvalue weighted by Crippen LogP contribution is -2.58. The molecule has 50 heavy (non-hydrogen) atoms. The van der Waals surface area contributed by atoms with Gasteiger partial charge < -0.3 is 15.4 Å². The molecule has 7 rings (SSSR count). The lowest BCUT2D eigenvalue weighted by atomic mass is 9.59. The van der Waals surface area contributed by atoms with Crippen LogP contribution in [0.4, 0.5) is 14.5 Å². The molecule has 0 bridgehead atoms. The molecule has 9 nitrogen and oxygen atoms in total. The van der Waals surface area contributed by atoms with Crippen molar-refractivity contribution in [1.82, 2.24) is 10.0 Å². The SMILES string of the molecule is Cc1ccc(F)cc1C1NC(=O)CC(c2cc(Cl)ccc2OC2(C(=O)NS(=O)(=O)c3ccc(F)cc3)CCC2)C12C(=O)Nc1cc(Cl)ccc12. The number of rotatable bonds is 7. The van der Waals surface area contributed by atoms with Crippen LogP contribution >= 0.6 is 23.2 Å². The molecule has 14 heteroatoms. The molecule has 4 aromatic carbocycles. The number of piperidine rings is 1. The van der Waals surface area contributed by atoms with Gasteiger partial charge in [0.1, 0.15) is 22.8 Å². The van der Waals surface area contributed by atoms with E-state index in [-0.39, 0.29) is 34.9 Å². The number of hydrogen-bond donors (Lipinski definition) is 3. The van der Waals surface area contributed by atoms with Gasteiger partial charge in [-0.25, -0.2) is 21.9 Å². The van der Waals surface area contributed by atoms with Crippen molar-refractivity contribution in [3.05, 3.63) is 123 Å². The molecule has 2 fully saturated rings. The van der Waals surface area contributed by atoms with Crippen molar-refractivity contribution in [2.75, 3.05) is 5.32 Å². The van der Waals surface area contributed by atoms with Crippen LogP contribution < -0.4 is 20.1 Å². The second kappa shape index (κ2) is 12.4. The fourth-order valence-corrected chi connectivity index (χ4v) is 8.69. The Labute approximate surface area is 296 Å². The summed E-state index contributed by atoms with van der Waals surface area (Å²) in [6.07, 6.45) is 0.626. The molecule has 1 saturated heterocycles. The summed E-state index contributed by atoms with van der Waals surface area (Å²) in [5, 5.41) is 6.48. The number of carbonyl (C=O) groups excluding carboxylic acids is 3. The maximum atomic E-state index is 14.8. The summed E-state index contributed by atoms with van der Waals surface area (Å²) in [4.78, 5) is 41.6. The third-order valence-electron chi connectivity index (χ3n) is 9.88. The minimum absolute atomic E-state index is 0.104. The molecule has 1 aliphatic carbocycles. The molecule has 0 aromatic heterocycles. The lowest BCUT2D eigenvalue weighted by Gasteiger charge is -2.47. The highest BCUT2D eigenvalue weighted by Crippen LogP contribution is 2.59. The highest BCUT2D eigenvalue weighted by Gasteiger charge is 2.62. The van der Waals surface area contributed by atoms with E-state index < -0.39 is 62.4 Å². The first-order chi connectivity index (χ1) is 23.7. The number of nitrogens with one attached hydrogen (secondary N) is 3. The zero-order valence-corrected chi connectivity index (χ0v) is 28.7. The Balaban J connectivity index is 1.36. The Morgan fingerprint density at radius 3 is 2.28 bits per heavy atom. The van der Waals surface area contributed by atoms with Crippen LogP contribution in [0.15, 0.2) is 83.8 Å². The predicted molar refractivity (Wildman–Crippen MR) is 182 cm³/mol. The van der Waals surface area contributed by atoms with Crippen LogP contribution in [0.2, 0.25) is 10.0 Å². The summed E-state index contributed by atoms with van der Waals surface area (Å²) in [5.74, 6) is -3.94. The Morgan fingerprint density at radius 2 is 1.58 bits per heavy atom. The Morgan fingerprint density at radius 1 is 0.900 bits per heavy atom. The first-order valence-electron chi connectivity index (χ1n) is 15.7. The van der Waals surface area contributed by atoms with Crippen LogP contribution in [-0.2, 0) is 29.8 Å². The molecule has 4 aromatic rings. The Kier molecular flexibility index (Phi) is 8.39.